The minimum atomic E-state index is 0.682. The van der Waals surface area contributed by atoms with E-state index in [9.17, 15) is 0 Å². The monoisotopic (exact) mass is 156 g/mol. The highest BCUT2D eigenvalue weighted by Gasteiger charge is 2.27. The molecule has 3 nitrogen and oxygen atoms in total. The molecule has 1 aromatic rings. The van der Waals surface area contributed by atoms with E-state index in [0.717, 1.165) is 5.01 Å². The minimum Gasteiger partial charge on any atom is -0.472 e. The maximum atomic E-state index is 4.92. The Bertz CT molecular complexity index is 231. The van der Waals surface area contributed by atoms with Crippen molar-refractivity contribution in [3.63, 3.8) is 0 Å². The maximum Gasteiger partial charge on any atom is 0.293 e. The largest absolute Gasteiger partial charge is 0.472 e. The number of rotatable bonds is 2. The average Bonchev–Trinajstić information content (AvgIpc) is 2.70. The van der Waals surface area contributed by atoms with Crippen LogP contribution in [0.1, 0.15) is 23.8 Å². The quantitative estimate of drug-likeness (QED) is 0.649. The van der Waals surface area contributed by atoms with Crippen LogP contribution >= 0.6 is 11.3 Å². The molecule has 0 aromatic carbocycles. The third kappa shape index (κ3) is 0.988. The molecule has 1 fully saturated rings. The van der Waals surface area contributed by atoms with E-state index in [4.69, 9.17) is 4.74 Å². The highest BCUT2D eigenvalue weighted by atomic mass is 32.1. The van der Waals surface area contributed by atoms with Gasteiger partial charge in [0, 0.05) is 5.92 Å². The standard InChI is InChI=1S/C6H8N2OS/c1-9-6-8-7-5(10-6)4-2-3-4/h4H,2-3H2,1H3. The Balaban J connectivity index is 2.19. The maximum absolute atomic E-state index is 4.92. The van der Waals surface area contributed by atoms with Crippen molar-refractivity contribution in [2.24, 2.45) is 0 Å². The zero-order valence-electron chi connectivity index (χ0n) is 5.70. The van der Waals surface area contributed by atoms with Crippen LogP contribution in [0.5, 0.6) is 5.19 Å². The fourth-order valence-corrected chi connectivity index (χ4v) is 1.63. The Morgan fingerprint density at radius 3 is 2.80 bits per heavy atom. The number of hydrogen-bond acceptors (Lipinski definition) is 4. The number of hydrogen-bond donors (Lipinski definition) is 0. The summed E-state index contributed by atoms with van der Waals surface area (Å²) >= 11 is 1.56. The van der Waals surface area contributed by atoms with E-state index in [1.165, 1.54) is 12.8 Å². The van der Waals surface area contributed by atoms with Crippen molar-refractivity contribution < 1.29 is 4.74 Å². The first-order valence-electron chi connectivity index (χ1n) is 3.27. The van der Waals surface area contributed by atoms with Crippen molar-refractivity contribution >= 4 is 11.3 Å². The van der Waals surface area contributed by atoms with Gasteiger partial charge in [0.05, 0.1) is 7.11 Å². The van der Waals surface area contributed by atoms with Crippen LogP contribution in [0.25, 0.3) is 0 Å². The SMILES string of the molecule is COc1nnc(C2CC2)s1. The van der Waals surface area contributed by atoms with Crippen molar-refractivity contribution in [2.75, 3.05) is 7.11 Å². The van der Waals surface area contributed by atoms with Gasteiger partial charge in [-0.3, -0.25) is 0 Å². The molecule has 2 rings (SSSR count). The summed E-state index contributed by atoms with van der Waals surface area (Å²) in [6, 6.07) is 0. The van der Waals surface area contributed by atoms with Gasteiger partial charge in [0.2, 0.25) is 0 Å². The molecule has 0 spiro atoms. The van der Waals surface area contributed by atoms with Crippen molar-refractivity contribution in [2.45, 2.75) is 18.8 Å². The first-order valence-corrected chi connectivity index (χ1v) is 4.09. The van der Waals surface area contributed by atoms with E-state index in [-0.39, 0.29) is 0 Å². The van der Waals surface area contributed by atoms with E-state index in [0.29, 0.717) is 11.1 Å². The van der Waals surface area contributed by atoms with Gasteiger partial charge in [-0.25, -0.2) is 0 Å². The van der Waals surface area contributed by atoms with Gasteiger partial charge in [-0.1, -0.05) is 11.3 Å². The molecule has 0 N–H and O–H groups in total. The number of ether oxygens (including phenoxy) is 1. The molecule has 1 heterocycles. The second-order valence-electron chi connectivity index (χ2n) is 2.38. The Kier molecular flexibility index (Phi) is 1.34. The molecular weight excluding hydrogens is 148 g/mol. The van der Waals surface area contributed by atoms with Gasteiger partial charge < -0.3 is 4.74 Å². The summed E-state index contributed by atoms with van der Waals surface area (Å²) in [6.07, 6.45) is 2.55. The Labute approximate surface area is 63.0 Å². The fraction of sp³-hybridized carbons (Fsp3) is 0.667. The zero-order chi connectivity index (χ0) is 6.97. The number of aromatic nitrogens is 2. The van der Waals surface area contributed by atoms with Gasteiger partial charge in [0.1, 0.15) is 5.01 Å². The van der Waals surface area contributed by atoms with Crippen LogP contribution in [0, 0.1) is 0 Å². The van der Waals surface area contributed by atoms with E-state index < -0.39 is 0 Å². The average molecular weight is 156 g/mol. The van der Waals surface area contributed by atoms with Gasteiger partial charge in [-0.05, 0) is 12.8 Å². The summed E-state index contributed by atoms with van der Waals surface area (Å²) in [6.45, 7) is 0. The molecular formula is C6H8N2OS. The third-order valence-electron chi connectivity index (χ3n) is 1.52. The van der Waals surface area contributed by atoms with Crippen LogP contribution in [0.4, 0.5) is 0 Å². The van der Waals surface area contributed by atoms with E-state index >= 15 is 0 Å². The van der Waals surface area contributed by atoms with Gasteiger partial charge in [0.25, 0.3) is 5.19 Å². The molecule has 4 heteroatoms. The molecule has 1 aliphatic carbocycles. The predicted octanol–water partition coefficient (Wildman–Crippen LogP) is 1.42. The Hall–Kier alpha value is -0.640. The van der Waals surface area contributed by atoms with E-state index in [2.05, 4.69) is 10.2 Å². The molecule has 0 unspecified atom stereocenters. The molecule has 0 bridgehead atoms. The van der Waals surface area contributed by atoms with E-state index in [1.807, 2.05) is 0 Å². The van der Waals surface area contributed by atoms with Gasteiger partial charge >= 0.3 is 0 Å². The third-order valence-corrected chi connectivity index (χ3v) is 2.57. The molecule has 0 radical (unpaired) electrons. The van der Waals surface area contributed by atoms with Crippen molar-refractivity contribution in [3.8, 4) is 5.19 Å². The molecule has 1 aliphatic rings. The summed E-state index contributed by atoms with van der Waals surface area (Å²) in [7, 11) is 1.62. The molecule has 0 aliphatic heterocycles. The highest BCUT2D eigenvalue weighted by molar-refractivity contribution is 7.13. The van der Waals surface area contributed by atoms with Crippen molar-refractivity contribution in [1.82, 2.24) is 10.2 Å². The normalized spacial score (nSPS) is 17.3. The van der Waals surface area contributed by atoms with Crippen LogP contribution < -0.4 is 4.74 Å². The van der Waals surface area contributed by atoms with Crippen LogP contribution in [0.15, 0.2) is 0 Å². The first kappa shape index (κ1) is 6.09. The summed E-state index contributed by atoms with van der Waals surface area (Å²) < 4.78 is 4.92. The Morgan fingerprint density at radius 1 is 1.50 bits per heavy atom. The number of nitrogens with zero attached hydrogens (tertiary/aromatic N) is 2. The lowest BCUT2D eigenvalue weighted by molar-refractivity contribution is 0.407. The molecule has 0 atom stereocenters. The van der Waals surface area contributed by atoms with E-state index in [1.54, 1.807) is 18.4 Å². The summed E-state index contributed by atoms with van der Waals surface area (Å²) in [5.74, 6) is 0.696. The molecule has 0 amide bonds. The van der Waals surface area contributed by atoms with Crippen LogP contribution in [0.3, 0.4) is 0 Å². The lowest BCUT2D eigenvalue weighted by Gasteiger charge is -1.84. The topological polar surface area (TPSA) is 35.0 Å². The van der Waals surface area contributed by atoms with Gasteiger partial charge in [-0.2, -0.15) is 0 Å². The van der Waals surface area contributed by atoms with Crippen molar-refractivity contribution in [1.29, 1.82) is 0 Å². The van der Waals surface area contributed by atoms with Gasteiger partial charge in [0.15, 0.2) is 0 Å². The van der Waals surface area contributed by atoms with Crippen LogP contribution in [-0.2, 0) is 0 Å². The smallest absolute Gasteiger partial charge is 0.293 e. The molecule has 1 aromatic heterocycles. The molecule has 1 saturated carbocycles. The summed E-state index contributed by atoms with van der Waals surface area (Å²) in [4.78, 5) is 0. The molecule has 54 valence electrons. The Morgan fingerprint density at radius 2 is 2.30 bits per heavy atom. The minimum absolute atomic E-state index is 0.682. The summed E-state index contributed by atoms with van der Waals surface area (Å²) in [5, 5.41) is 9.65. The molecule has 10 heavy (non-hydrogen) atoms. The summed E-state index contributed by atoms with van der Waals surface area (Å²) in [5.41, 5.74) is 0. The van der Waals surface area contributed by atoms with Crippen LogP contribution in [0.2, 0.25) is 0 Å². The fourth-order valence-electron chi connectivity index (χ4n) is 0.798. The molecule has 0 saturated heterocycles. The second kappa shape index (κ2) is 2.20. The van der Waals surface area contributed by atoms with Crippen LogP contribution in [-0.4, -0.2) is 17.3 Å². The van der Waals surface area contributed by atoms with Gasteiger partial charge in [-0.15, -0.1) is 10.2 Å². The second-order valence-corrected chi connectivity index (χ2v) is 3.36. The number of methoxy groups -OCH3 is 1. The zero-order valence-corrected chi connectivity index (χ0v) is 6.52. The lowest BCUT2D eigenvalue weighted by atomic mass is 10.5. The predicted molar refractivity (Wildman–Crippen MR) is 38.4 cm³/mol. The van der Waals surface area contributed by atoms with Crippen molar-refractivity contribution in [3.05, 3.63) is 5.01 Å². The highest BCUT2D eigenvalue weighted by Crippen LogP contribution is 2.42. The first-order chi connectivity index (χ1) is 4.90. The lowest BCUT2D eigenvalue weighted by Crippen LogP contribution is -1.79.